The van der Waals surface area contributed by atoms with E-state index in [2.05, 4.69) is 0 Å². The van der Waals surface area contributed by atoms with Crippen LogP contribution < -0.4 is 0 Å². The van der Waals surface area contributed by atoms with Crippen LogP contribution in [0.4, 0.5) is 4.79 Å². The number of amides is 3. The van der Waals surface area contributed by atoms with Gasteiger partial charge in [0.05, 0.1) is 19.8 Å². The highest BCUT2D eigenvalue weighted by molar-refractivity contribution is 6.04. The summed E-state index contributed by atoms with van der Waals surface area (Å²) in [6.45, 7) is 1.73. The largest absolute Gasteiger partial charge is 0.395 e. The number of aliphatic hydroxyl groups is 2. The summed E-state index contributed by atoms with van der Waals surface area (Å²) in [6, 6.07) is -0.886. The van der Waals surface area contributed by atoms with E-state index in [1.165, 1.54) is 4.90 Å². The van der Waals surface area contributed by atoms with E-state index < -0.39 is 12.1 Å². The zero-order chi connectivity index (χ0) is 12.1. The molecule has 0 spiro atoms. The summed E-state index contributed by atoms with van der Waals surface area (Å²) in [5.41, 5.74) is 0. The number of imide groups is 1. The maximum Gasteiger partial charge on any atom is 0.327 e. The van der Waals surface area contributed by atoms with Crippen LogP contribution in [0.15, 0.2) is 0 Å². The van der Waals surface area contributed by atoms with Gasteiger partial charge in [0.25, 0.3) is 5.91 Å². The van der Waals surface area contributed by atoms with Crippen LogP contribution in [0.3, 0.4) is 0 Å². The van der Waals surface area contributed by atoms with Crippen molar-refractivity contribution >= 4 is 11.9 Å². The minimum Gasteiger partial charge on any atom is -0.395 e. The normalized spacial score (nSPS) is 21.1. The number of β-amino-alcohol motifs (C(OH)–C–C–N with tert-alkyl or cyclic N) is 2. The number of aliphatic hydroxyl groups excluding tert-OH is 2. The summed E-state index contributed by atoms with van der Waals surface area (Å²) in [6.07, 6.45) is 1.38. The Morgan fingerprint density at radius 3 is 2.31 bits per heavy atom. The molecule has 16 heavy (non-hydrogen) atoms. The minimum absolute atomic E-state index is 0.0276. The van der Waals surface area contributed by atoms with Crippen LogP contribution in [0.2, 0.25) is 0 Å². The molecule has 0 radical (unpaired) electrons. The van der Waals surface area contributed by atoms with Crippen molar-refractivity contribution in [3.63, 3.8) is 0 Å². The molecule has 1 aliphatic rings. The number of rotatable bonds is 6. The molecule has 1 heterocycles. The Morgan fingerprint density at radius 1 is 1.19 bits per heavy atom. The van der Waals surface area contributed by atoms with Gasteiger partial charge in [0.2, 0.25) is 0 Å². The van der Waals surface area contributed by atoms with Gasteiger partial charge >= 0.3 is 6.03 Å². The summed E-state index contributed by atoms with van der Waals surface area (Å²) in [7, 11) is 0. The van der Waals surface area contributed by atoms with Crippen molar-refractivity contribution in [1.82, 2.24) is 9.80 Å². The molecule has 1 rings (SSSR count). The summed E-state index contributed by atoms with van der Waals surface area (Å²) < 4.78 is 0. The van der Waals surface area contributed by atoms with E-state index in [-0.39, 0.29) is 32.2 Å². The average molecular weight is 230 g/mol. The Hall–Kier alpha value is -1.14. The van der Waals surface area contributed by atoms with Crippen molar-refractivity contribution in [3.05, 3.63) is 0 Å². The molecule has 0 bridgehead atoms. The van der Waals surface area contributed by atoms with Crippen molar-refractivity contribution in [2.24, 2.45) is 0 Å². The minimum atomic E-state index is -0.476. The second-order valence-corrected chi connectivity index (χ2v) is 3.72. The molecule has 1 atom stereocenters. The van der Waals surface area contributed by atoms with Crippen molar-refractivity contribution in [3.8, 4) is 0 Å². The predicted octanol–water partition coefficient (Wildman–Crippen LogP) is -0.596. The van der Waals surface area contributed by atoms with E-state index in [1.807, 2.05) is 6.92 Å². The predicted molar refractivity (Wildman–Crippen MR) is 56.7 cm³/mol. The van der Waals surface area contributed by atoms with E-state index in [9.17, 15) is 9.59 Å². The van der Waals surface area contributed by atoms with E-state index in [1.54, 1.807) is 0 Å². The summed E-state index contributed by atoms with van der Waals surface area (Å²) in [5, 5.41) is 17.6. The smallest absolute Gasteiger partial charge is 0.327 e. The first-order chi connectivity index (χ1) is 7.67. The zero-order valence-electron chi connectivity index (χ0n) is 9.43. The molecule has 0 saturated carbocycles. The molecule has 1 saturated heterocycles. The van der Waals surface area contributed by atoms with Gasteiger partial charge in [-0.05, 0) is 6.42 Å². The lowest BCUT2D eigenvalue weighted by atomic mass is 10.1. The fourth-order valence-corrected chi connectivity index (χ4v) is 1.91. The van der Waals surface area contributed by atoms with Gasteiger partial charge in [-0.15, -0.1) is 0 Å². The highest BCUT2D eigenvalue weighted by Gasteiger charge is 2.43. The van der Waals surface area contributed by atoms with Crippen LogP contribution in [0.1, 0.15) is 19.8 Å². The average Bonchev–Trinajstić information content (AvgIpc) is 2.47. The molecule has 92 valence electrons. The Kier molecular flexibility index (Phi) is 4.70. The quantitative estimate of drug-likeness (QED) is 0.597. The number of nitrogens with zero attached hydrogens (tertiary/aromatic N) is 2. The Morgan fingerprint density at radius 2 is 1.81 bits per heavy atom. The van der Waals surface area contributed by atoms with Crippen molar-refractivity contribution in [1.29, 1.82) is 0 Å². The Balaban J connectivity index is 2.80. The SMILES string of the molecule is CCCC1C(=O)N(CCO)C(=O)N1CCO. The molecule has 0 aromatic carbocycles. The number of carbonyl (C=O) groups is 2. The monoisotopic (exact) mass is 230 g/mol. The number of urea groups is 1. The summed E-state index contributed by atoms with van der Waals surface area (Å²) in [4.78, 5) is 26.1. The van der Waals surface area contributed by atoms with E-state index >= 15 is 0 Å². The van der Waals surface area contributed by atoms with Crippen molar-refractivity contribution in [2.75, 3.05) is 26.3 Å². The maximum atomic E-state index is 11.9. The third-order valence-corrected chi connectivity index (χ3v) is 2.63. The molecule has 3 amide bonds. The molecule has 0 aromatic heterocycles. The summed E-state index contributed by atoms with van der Waals surface area (Å²) in [5.74, 6) is -0.269. The topological polar surface area (TPSA) is 81.1 Å². The first kappa shape index (κ1) is 12.9. The number of hydrogen-bond donors (Lipinski definition) is 2. The standard InChI is InChI=1S/C10H18N2O4/c1-2-3-8-9(15)12(5-7-14)10(16)11(8)4-6-13/h8,13-14H,2-7H2,1H3. The Bertz CT molecular complexity index is 246. The highest BCUT2D eigenvalue weighted by Crippen LogP contribution is 2.20. The number of carbonyl (C=O) groups excluding carboxylic acids is 2. The first-order valence-corrected chi connectivity index (χ1v) is 5.51. The van der Waals surface area contributed by atoms with Gasteiger partial charge in [0.1, 0.15) is 6.04 Å². The van der Waals surface area contributed by atoms with Gasteiger partial charge in [0.15, 0.2) is 0 Å². The van der Waals surface area contributed by atoms with Crippen molar-refractivity contribution in [2.45, 2.75) is 25.8 Å². The van der Waals surface area contributed by atoms with Crippen LogP contribution in [0.5, 0.6) is 0 Å². The first-order valence-electron chi connectivity index (χ1n) is 5.51. The lowest BCUT2D eigenvalue weighted by molar-refractivity contribution is -0.128. The van der Waals surface area contributed by atoms with Crippen molar-refractivity contribution < 1.29 is 19.8 Å². The number of hydrogen-bond acceptors (Lipinski definition) is 4. The molecule has 0 aliphatic carbocycles. The van der Waals surface area contributed by atoms with Crippen LogP contribution >= 0.6 is 0 Å². The molecule has 0 aromatic rings. The van der Waals surface area contributed by atoms with Gasteiger partial charge in [0, 0.05) is 6.54 Å². The van der Waals surface area contributed by atoms with Crippen LogP contribution in [-0.2, 0) is 4.79 Å². The van der Waals surface area contributed by atoms with E-state index in [0.717, 1.165) is 11.3 Å². The third kappa shape index (κ3) is 2.33. The van der Waals surface area contributed by atoms with Crippen LogP contribution in [-0.4, -0.2) is 64.3 Å². The molecule has 1 fully saturated rings. The lowest BCUT2D eigenvalue weighted by Crippen LogP contribution is -2.37. The molecule has 6 nitrogen and oxygen atoms in total. The Labute approximate surface area is 94.4 Å². The molecule has 1 aliphatic heterocycles. The fourth-order valence-electron chi connectivity index (χ4n) is 1.91. The van der Waals surface area contributed by atoms with Gasteiger partial charge in [-0.25, -0.2) is 4.79 Å². The van der Waals surface area contributed by atoms with Gasteiger partial charge in [-0.1, -0.05) is 13.3 Å². The van der Waals surface area contributed by atoms with E-state index in [4.69, 9.17) is 10.2 Å². The van der Waals surface area contributed by atoms with Gasteiger partial charge in [-0.3, -0.25) is 9.69 Å². The zero-order valence-corrected chi connectivity index (χ0v) is 9.43. The van der Waals surface area contributed by atoms with Crippen LogP contribution in [0.25, 0.3) is 0 Å². The molecular weight excluding hydrogens is 212 g/mol. The van der Waals surface area contributed by atoms with Gasteiger partial charge in [-0.2, -0.15) is 0 Å². The second-order valence-electron chi connectivity index (χ2n) is 3.72. The highest BCUT2D eigenvalue weighted by atomic mass is 16.3. The molecule has 1 unspecified atom stereocenters. The molecule has 2 N–H and O–H groups in total. The molecular formula is C10H18N2O4. The lowest BCUT2D eigenvalue weighted by Gasteiger charge is -2.19. The third-order valence-electron chi connectivity index (χ3n) is 2.63. The second kappa shape index (κ2) is 5.81. The fraction of sp³-hybridized carbons (Fsp3) is 0.800. The maximum absolute atomic E-state index is 11.9. The van der Waals surface area contributed by atoms with E-state index in [0.29, 0.717) is 6.42 Å². The van der Waals surface area contributed by atoms with Gasteiger partial charge < -0.3 is 15.1 Å². The van der Waals surface area contributed by atoms with Crippen LogP contribution in [0, 0.1) is 0 Å². The molecule has 6 heteroatoms. The summed E-state index contributed by atoms with van der Waals surface area (Å²) >= 11 is 0.